The van der Waals surface area contributed by atoms with Crippen LogP contribution in [0.15, 0.2) is 60.8 Å². The highest BCUT2D eigenvalue weighted by atomic mass is 31.2. The fourth-order valence-electron chi connectivity index (χ4n) is 7.52. The third-order valence-corrected chi connectivity index (χ3v) is 12.7. The summed E-state index contributed by atoms with van der Waals surface area (Å²) in [6.45, 7) is 2.72. The van der Waals surface area contributed by atoms with Crippen LogP contribution in [-0.2, 0) is 37.5 Å². The van der Waals surface area contributed by atoms with Crippen molar-refractivity contribution in [1.82, 2.24) is 0 Å². The van der Waals surface area contributed by atoms with Gasteiger partial charge in [-0.15, -0.1) is 0 Å². The number of carboxylic acid groups (broad SMARTS) is 1. The molecule has 0 saturated heterocycles. The van der Waals surface area contributed by atoms with Crippen molar-refractivity contribution in [1.29, 1.82) is 0 Å². The number of rotatable bonds is 51. The van der Waals surface area contributed by atoms with Crippen molar-refractivity contribution in [3.05, 3.63) is 60.8 Å². The van der Waals surface area contributed by atoms with Crippen molar-refractivity contribution >= 4 is 25.7 Å². The molecule has 0 spiro atoms. The number of phosphoric acid groups is 1. The molecule has 3 unspecified atom stereocenters. The molecular formula is C56H100NO10P. The third kappa shape index (κ3) is 49.6. The Morgan fingerprint density at radius 3 is 1.25 bits per heavy atom. The number of allylic oxidation sites excluding steroid dienone is 10. The number of phosphoric ester groups is 1. The Bertz CT molecular complexity index is 1380. The Labute approximate surface area is 415 Å². The molecule has 0 saturated carbocycles. The summed E-state index contributed by atoms with van der Waals surface area (Å²) in [5, 5.41) is 8.94. The van der Waals surface area contributed by atoms with Gasteiger partial charge < -0.3 is 25.2 Å². The Balaban J connectivity index is 4.21. The quantitative estimate of drug-likeness (QED) is 0.0229. The number of hydrogen-bond donors (Lipinski definition) is 3. The van der Waals surface area contributed by atoms with Gasteiger partial charge in [0.25, 0.3) is 0 Å². The monoisotopic (exact) mass is 978 g/mol. The molecule has 0 aromatic heterocycles. The van der Waals surface area contributed by atoms with E-state index in [1.807, 2.05) is 0 Å². The molecule has 0 radical (unpaired) electrons. The van der Waals surface area contributed by atoms with Crippen molar-refractivity contribution < 1.29 is 47.5 Å². The van der Waals surface area contributed by atoms with E-state index in [4.69, 9.17) is 29.4 Å². The van der Waals surface area contributed by atoms with E-state index in [-0.39, 0.29) is 19.4 Å². The van der Waals surface area contributed by atoms with Gasteiger partial charge in [0.05, 0.1) is 13.2 Å². The number of ether oxygens (including phenoxy) is 2. The molecular weight excluding hydrogens is 878 g/mol. The van der Waals surface area contributed by atoms with Gasteiger partial charge in [0.15, 0.2) is 6.10 Å². The number of carbonyl (C=O) groups excluding carboxylic acids is 2. The zero-order valence-corrected chi connectivity index (χ0v) is 44.1. The lowest BCUT2D eigenvalue weighted by molar-refractivity contribution is -0.161. The molecule has 0 aliphatic carbocycles. The van der Waals surface area contributed by atoms with Crippen LogP contribution in [0.3, 0.4) is 0 Å². The maximum atomic E-state index is 12.7. The first-order valence-electron chi connectivity index (χ1n) is 27.3. The van der Waals surface area contributed by atoms with Crippen LogP contribution >= 0.6 is 7.82 Å². The number of aliphatic carboxylic acids is 1. The molecule has 0 rings (SSSR count). The lowest BCUT2D eigenvalue weighted by atomic mass is 10.0. The molecule has 0 amide bonds. The van der Waals surface area contributed by atoms with Crippen molar-refractivity contribution in [2.75, 3.05) is 19.8 Å². The molecule has 0 fully saturated rings. The number of carbonyl (C=O) groups is 3. The molecule has 4 N–H and O–H groups in total. The molecule has 3 atom stereocenters. The van der Waals surface area contributed by atoms with E-state index in [0.717, 1.165) is 77.0 Å². The van der Waals surface area contributed by atoms with Gasteiger partial charge in [0.1, 0.15) is 12.6 Å². The van der Waals surface area contributed by atoms with E-state index in [9.17, 15) is 23.8 Å². The Kier molecular flexibility index (Phi) is 48.5. The van der Waals surface area contributed by atoms with Gasteiger partial charge in [-0.25, -0.2) is 4.57 Å². The lowest BCUT2D eigenvalue weighted by Gasteiger charge is -2.20. The van der Waals surface area contributed by atoms with Crippen molar-refractivity contribution in [3.63, 3.8) is 0 Å². The van der Waals surface area contributed by atoms with Crippen LogP contribution < -0.4 is 5.73 Å². The molecule has 0 bridgehead atoms. The van der Waals surface area contributed by atoms with Crippen molar-refractivity contribution in [2.45, 2.75) is 257 Å². The maximum absolute atomic E-state index is 12.7. The highest BCUT2D eigenvalue weighted by molar-refractivity contribution is 7.47. The highest BCUT2D eigenvalue weighted by Gasteiger charge is 2.28. The second kappa shape index (κ2) is 50.6. The van der Waals surface area contributed by atoms with E-state index in [1.165, 1.54) is 128 Å². The predicted octanol–water partition coefficient (Wildman–Crippen LogP) is 15.9. The van der Waals surface area contributed by atoms with Crippen LogP contribution in [0.2, 0.25) is 0 Å². The SMILES string of the molecule is CC/C=C\C/C=C\C/C=C\C/C=C\CCCCCCCCCCC(=O)OC(COC(=O)CCCCCCCCCCCCC/C=C\CCCCCCCCCC)COP(=O)(O)OCC(N)C(=O)O. The maximum Gasteiger partial charge on any atom is 0.472 e. The summed E-state index contributed by atoms with van der Waals surface area (Å²) in [5.41, 5.74) is 5.36. The van der Waals surface area contributed by atoms with Crippen LogP contribution in [0.1, 0.15) is 245 Å². The van der Waals surface area contributed by atoms with Crippen molar-refractivity contribution in [3.8, 4) is 0 Å². The molecule has 0 aliphatic heterocycles. The average Bonchev–Trinajstić information content (AvgIpc) is 3.32. The van der Waals surface area contributed by atoms with Gasteiger partial charge in [-0.1, -0.05) is 216 Å². The molecule has 0 aromatic rings. The second-order valence-electron chi connectivity index (χ2n) is 18.3. The summed E-state index contributed by atoms with van der Waals surface area (Å²) in [6, 6.07) is -1.53. The lowest BCUT2D eigenvalue weighted by Crippen LogP contribution is -2.34. The van der Waals surface area contributed by atoms with Gasteiger partial charge in [0, 0.05) is 12.8 Å². The van der Waals surface area contributed by atoms with E-state index in [0.29, 0.717) is 12.8 Å². The van der Waals surface area contributed by atoms with Crippen LogP contribution in [-0.4, -0.2) is 59.9 Å². The molecule has 0 aliphatic rings. The Hall–Kier alpha value is -2.82. The van der Waals surface area contributed by atoms with E-state index >= 15 is 0 Å². The molecule has 394 valence electrons. The first kappa shape index (κ1) is 65.2. The molecule has 12 heteroatoms. The van der Waals surface area contributed by atoms with E-state index in [2.05, 4.69) is 74.6 Å². The van der Waals surface area contributed by atoms with Gasteiger partial charge in [-0.05, 0) is 77.0 Å². The summed E-state index contributed by atoms with van der Waals surface area (Å²) in [4.78, 5) is 46.3. The van der Waals surface area contributed by atoms with Crippen LogP contribution in [0, 0.1) is 0 Å². The zero-order chi connectivity index (χ0) is 49.9. The Morgan fingerprint density at radius 1 is 0.471 bits per heavy atom. The second-order valence-corrected chi connectivity index (χ2v) is 19.8. The molecule has 68 heavy (non-hydrogen) atoms. The van der Waals surface area contributed by atoms with Crippen LogP contribution in [0.5, 0.6) is 0 Å². The first-order valence-corrected chi connectivity index (χ1v) is 28.8. The van der Waals surface area contributed by atoms with Gasteiger partial charge >= 0.3 is 25.7 Å². The summed E-state index contributed by atoms with van der Waals surface area (Å²) in [5.74, 6) is -2.38. The molecule has 0 aromatic carbocycles. The largest absolute Gasteiger partial charge is 0.480 e. The number of carboxylic acids is 1. The standard InChI is InChI=1S/C56H100NO10P/c1-3-5-7-9-11-13-15-17-19-21-23-25-26-28-29-31-33-35-37-39-41-43-45-47-54(58)64-49-52(50-65-68(62,63)66-51-53(57)56(60)61)67-55(59)48-46-44-42-40-38-36-34-32-30-27-24-22-20-18-16-14-12-10-8-6-4-2/h6,8,12,14,18,20-21,23-24,27,52-53H,3-5,7,9-11,13,15-17,19,22,25-26,28-51,57H2,1-2H3,(H,60,61)(H,62,63)/b8-6-,14-12-,20-18-,23-21-,27-24-. The topological polar surface area (TPSA) is 172 Å². The van der Waals surface area contributed by atoms with Crippen molar-refractivity contribution in [2.24, 2.45) is 5.73 Å². The number of esters is 2. The highest BCUT2D eigenvalue weighted by Crippen LogP contribution is 2.43. The van der Waals surface area contributed by atoms with Crippen LogP contribution in [0.25, 0.3) is 0 Å². The smallest absolute Gasteiger partial charge is 0.472 e. The minimum absolute atomic E-state index is 0.150. The molecule has 0 heterocycles. The molecule has 11 nitrogen and oxygen atoms in total. The summed E-state index contributed by atoms with van der Waals surface area (Å²) >= 11 is 0. The van der Waals surface area contributed by atoms with Gasteiger partial charge in [-0.2, -0.15) is 0 Å². The fraction of sp³-hybridized carbons (Fsp3) is 0.768. The Morgan fingerprint density at radius 2 is 0.824 bits per heavy atom. The van der Waals surface area contributed by atoms with Gasteiger partial charge in [-0.3, -0.25) is 23.4 Å². The summed E-state index contributed by atoms with van der Waals surface area (Å²) in [6.07, 6.45) is 61.4. The fourth-order valence-corrected chi connectivity index (χ4v) is 8.30. The number of hydrogen-bond acceptors (Lipinski definition) is 9. The normalized spacial score (nSPS) is 13.9. The first-order chi connectivity index (χ1) is 33.1. The van der Waals surface area contributed by atoms with Crippen LogP contribution in [0.4, 0.5) is 0 Å². The zero-order valence-electron chi connectivity index (χ0n) is 43.2. The average molecular weight is 978 g/mol. The number of unbranched alkanes of at least 4 members (excludes halogenated alkanes) is 27. The van der Waals surface area contributed by atoms with E-state index in [1.54, 1.807) is 0 Å². The third-order valence-electron chi connectivity index (χ3n) is 11.7. The van der Waals surface area contributed by atoms with Gasteiger partial charge in [0.2, 0.25) is 0 Å². The van der Waals surface area contributed by atoms with E-state index < -0.39 is 51.1 Å². The summed E-state index contributed by atoms with van der Waals surface area (Å²) < 4.78 is 32.9. The number of nitrogens with two attached hydrogens (primary N) is 1. The predicted molar refractivity (Wildman–Crippen MR) is 281 cm³/mol. The minimum Gasteiger partial charge on any atom is -0.480 e. The summed E-state index contributed by atoms with van der Waals surface area (Å²) in [7, 11) is -4.73. The minimum atomic E-state index is -4.73.